The van der Waals surface area contributed by atoms with Crippen LogP contribution in [-0.4, -0.2) is 34.7 Å². The van der Waals surface area contributed by atoms with Crippen LogP contribution in [0, 0.1) is 0 Å². The van der Waals surface area contributed by atoms with Crippen LogP contribution in [0.1, 0.15) is 48.2 Å². The second-order valence-corrected chi connectivity index (χ2v) is 6.98. The maximum absolute atomic E-state index is 12.1. The highest BCUT2D eigenvalue weighted by Crippen LogP contribution is 2.32. The average molecular weight is 334 g/mol. The molecule has 3 rings (SSSR count). The summed E-state index contributed by atoms with van der Waals surface area (Å²) in [4.78, 5) is 19.4. The van der Waals surface area contributed by atoms with Gasteiger partial charge in [-0.2, -0.15) is 4.98 Å². The molecule has 7 heteroatoms. The molecule has 23 heavy (non-hydrogen) atoms. The number of urea groups is 1. The van der Waals surface area contributed by atoms with Gasteiger partial charge in [-0.25, -0.2) is 4.79 Å². The number of rotatable bonds is 6. The minimum Gasteiger partial charge on any atom is -0.339 e. The molecule has 0 spiro atoms. The SMILES string of the molecule is CN(Cc1noc(C2CCCC2)n1)C(=O)NCCc1cccs1. The first kappa shape index (κ1) is 16.0. The molecule has 2 aromatic heterocycles. The van der Waals surface area contributed by atoms with E-state index in [1.54, 1.807) is 23.3 Å². The van der Waals surface area contributed by atoms with E-state index in [1.807, 2.05) is 11.4 Å². The summed E-state index contributed by atoms with van der Waals surface area (Å²) in [5.74, 6) is 1.70. The highest BCUT2D eigenvalue weighted by Gasteiger charge is 2.23. The summed E-state index contributed by atoms with van der Waals surface area (Å²) in [5.41, 5.74) is 0. The Hall–Kier alpha value is -1.89. The molecule has 0 aliphatic heterocycles. The normalized spacial score (nSPS) is 15.0. The van der Waals surface area contributed by atoms with E-state index < -0.39 is 0 Å². The van der Waals surface area contributed by atoms with Crippen molar-refractivity contribution in [2.45, 2.75) is 44.6 Å². The molecule has 1 aliphatic carbocycles. The van der Waals surface area contributed by atoms with E-state index in [1.165, 1.54) is 17.7 Å². The van der Waals surface area contributed by atoms with Crippen LogP contribution >= 0.6 is 11.3 Å². The zero-order valence-electron chi connectivity index (χ0n) is 13.3. The minimum atomic E-state index is -0.117. The van der Waals surface area contributed by atoms with E-state index in [2.05, 4.69) is 21.5 Å². The van der Waals surface area contributed by atoms with Crippen LogP contribution in [0.4, 0.5) is 4.79 Å². The number of hydrogen-bond acceptors (Lipinski definition) is 5. The molecule has 2 heterocycles. The number of thiophene rings is 1. The van der Waals surface area contributed by atoms with Gasteiger partial charge in [0, 0.05) is 24.4 Å². The van der Waals surface area contributed by atoms with Crippen LogP contribution in [0.25, 0.3) is 0 Å². The van der Waals surface area contributed by atoms with Gasteiger partial charge in [-0.15, -0.1) is 11.3 Å². The highest BCUT2D eigenvalue weighted by atomic mass is 32.1. The summed E-state index contributed by atoms with van der Waals surface area (Å²) in [6.07, 6.45) is 5.57. The molecule has 1 fully saturated rings. The molecule has 0 saturated heterocycles. The predicted molar refractivity (Wildman–Crippen MR) is 88.4 cm³/mol. The Bertz CT molecular complexity index is 620. The fourth-order valence-corrected chi connectivity index (χ4v) is 3.55. The van der Waals surface area contributed by atoms with Gasteiger partial charge in [0.1, 0.15) is 0 Å². The molecule has 2 amide bonds. The van der Waals surface area contributed by atoms with Gasteiger partial charge in [0.15, 0.2) is 5.82 Å². The fraction of sp³-hybridized carbons (Fsp3) is 0.562. The first-order valence-corrected chi connectivity index (χ1v) is 8.94. The number of amides is 2. The molecule has 1 saturated carbocycles. The lowest BCUT2D eigenvalue weighted by Crippen LogP contribution is -2.37. The number of hydrogen-bond donors (Lipinski definition) is 1. The zero-order valence-corrected chi connectivity index (χ0v) is 14.1. The quantitative estimate of drug-likeness (QED) is 0.881. The maximum atomic E-state index is 12.1. The summed E-state index contributed by atoms with van der Waals surface area (Å²) in [6.45, 7) is 0.990. The van der Waals surface area contributed by atoms with E-state index in [0.29, 0.717) is 24.8 Å². The van der Waals surface area contributed by atoms with Crippen molar-refractivity contribution in [2.75, 3.05) is 13.6 Å². The molecule has 1 aliphatic rings. The van der Waals surface area contributed by atoms with Crippen molar-refractivity contribution in [1.82, 2.24) is 20.4 Å². The Morgan fingerprint density at radius 2 is 2.30 bits per heavy atom. The zero-order chi connectivity index (χ0) is 16.1. The van der Waals surface area contributed by atoms with Crippen LogP contribution in [0.15, 0.2) is 22.0 Å². The minimum absolute atomic E-state index is 0.117. The van der Waals surface area contributed by atoms with E-state index >= 15 is 0 Å². The molecule has 6 nitrogen and oxygen atoms in total. The van der Waals surface area contributed by atoms with Crippen molar-refractivity contribution < 1.29 is 9.32 Å². The molecule has 2 aromatic rings. The van der Waals surface area contributed by atoms with Crippen LogP contribution in [0.5, 0.6) is 0 Å². The summed E-state index contributed by atoms with van der Waals surface area (Å²) in [7, 11) is 1.74. The molecule has 0 radical (unpaired) electrons. The number of nitrogens with zero attached hydrogens (tertiary/aromatic N) is 3. The van der Waals surface area contributed by atoms with Crippen molar-refractivity contribution in [3.8, 4) is 0 Å². The molecule has 124 valence electrons. The molecule has 0 aromatic carbocycles. The number of aromatic nitrogens is 2. The summed E-state index contributed by atoms with van der Waals surface area (Å²) >= 11 is 1.70. The van der Waals surface area contributed by atoms with Crippen molar-refractivity contribution in [3.05, 3.63) is 34.1 Å². The highest BCUT2D eigenvalue weighted by molar-refractivity contribution is 7.09. The third kappa shape index (κ3) is 4.31. The van der Waals surface area contributed by atoms with Crippen LogP contribution < -0.4 is 5.32 Å². The van der Waals surface area contributed by atoms with Gasteiger partial charge in [-0.05, 0) is 30.7 Å². The lowest BCUT2D eigenvalue weighted by atomic mass is 10.1. The first-order chi connectivity index (χ1) is 11.2. The standard InChI is InChI=1S/C16H22N4O2S/c1-20(16(21)17-9-8-13-7-4-10-23-13)11-14-18-15(22-19-14)12-5-2-3-6-12/h4,7,10,12H,2-3,5-6,8-9,11H2,1H3,(H,17,21). The maximum Gasteiger partial charge on any atom is 0.317 e. The van der Waals surface area contributed by atoms with Gasteiger partial charge < -0.3 is 14.7 Å². The van der Waals surface area contributed by atoms with E-state index in [4.69, 9.17) is 4.52 Å². The lowest BCUT2D eigenvalue weighted by molar-refractivity contribution is 0.205. The molecule has 0 atom stereocenters. The first-order valence-electron chi connectivity index (χ1n) is 8.06. The van der Waals surface area contributed by atoms with Crippen molar-refractivity contribution >= 4 is 17.4 Å². The molecule has 1 N–H and O–H groups in total. The van der Waals surface area contributed by atoms with E-state index in [0.717, 1.165) is 25.2 Å². The average Bonchev–Trinajstić information content (AvgIpc) is 3.29. The van der Waals surface area contributed by atoms with Gasteiger partial charge in [0.2, 0.25) is 5.89 Å². The third-order valence-corrected chi connectivity index (χ3v) is 5.08. The molecule has 0 bridgehead atoms. The smallest absolute Gasteiger partial charge is 0.317 e. The molecular weight excluding hydrogens is 312 g/mol. The number of carbonyl (C=O) groups excluding carboxylic acids is 1. The third-order valence-electron chi connectivity index (χ3n) is 4.14. The van der Waals surface area contributed by atoms with Gasteiger partial charge in [0.05, 0.1) is 6.54 Å². The Balaban J connectivity index is 1.44. The summed E-state index contributed by atoms with van der Waals surface area (Å²) in [5, 5.41) is 8.95. The molecule has 0 unspecified atom stereocenters. The number of nitrogens with one attached hydrogen (secondary N) is 1. The van der Waals surface area contributed by atoms with Gasteiger partial charge in [-0.1, -0.05) is 24.1 Å². The van der Waals surface area contributed by atoms with Crippen molar-refractivity contribution in [2.24, 2.45) is 0 Å². The van der Waals surface area contributed by atoms with Gasteiger partial charge in [-0.3, -0.25) is 0 Å². The largest absolute Gasteiger partial charge is 0.339 e. The summed E-state index contributed by atoms with van der Waals surface area (Å²) < 4.78 is 5.34. The van der Waals surface area contributed by atoms with Crippen LogP contribution in [-0.2, 0) is 13.0 Å². The van der Waals surface area contributed by atoms with Crippen molar-refractivity contribution in [1.29, 1.82) is 0 Å². The Kier molecular flexibility index (Phi) is 5.27. The predicted octanol–water partition coefficient (Wildman–Crippen LogP) is 3.17. The molecular formula is C16H22N4O2S. The Morgan fingerprint density at radius 1 is 1.48 bits per heavy atom. The number of carbonyl (C=O) groups is 1. The van der Waals surface area contributed by atoms with Crippen LogP contribution in [0.2, 0.25) is 0 Å². The fourth-order valence-electron chi connectivity index (χ4n) is 2.84. The topological polar surface area (TPSA) is 71.3 Å². The van der Waals surface area contributed by atoms with Gasteiger partial charge in [0.25, 0.3) is 0 Å². The van der Waals surface area contributed by atoms with Crippen LogP contribution in [0.3, 0.4) is 0 Å². The van der Waals surface area contributed by atoms with E-state index in [9.17, 15) is 4.79 Å². The Labute approximate surface area is 139 Å². The Morgan fingerprint density at radius 3 is 3.04 bits per heavy atom. The van der Waals surface area contributed by atoms with E-state index in [-0.39, 0.29) is 6.03 Å². The second kappa shape index (κ2) is 7.59. The lowest BCUT2D eigenvalue weighted by Gasteiger charge is -2.15. The van der Waals surface area contributed by atoms with Gasteiger partial charge >= 0.3 is 6.03 Å². The second-order valence-electron chi connectivity index (χ2n) is 5.95. The summed E-state index contributed by atoms with van der Waals surface area (Å²) in [6, 6.07) is 3.98. The van der Waals surface area contributed by atoms with Crippen molar-refractivity contribution in [3.63, 3.8) is 0 Å². The monoisotopic (exact) mass is 334 g/mol.